The van der Waals surface area contributed by atoms with Gasteiger partial charge < -0.3 is 14.8 Å². The van der Waals surface area contributed by atoms with Crippen LogP contribution in [0, 0.1) is 5.41 Å². The number of amides is 1. The summed E-state index contributed by atoms with van der Waals surface area (Å²) in [5.41, 5.74) is -0.925. The molecule has 0 saturated heterocycles. The lowest BCUT2D eigenvalue weighted by Gasteiger charge is -2.32. The predicted molar refractivity (Wildman–Crippen MR) is 89.2 cm³/mol. The number of nitrogens with one attached hydrogen (secondary N) is 1. The van der Waals surface area contributed by atoms with Gasteiger partial charge in [0.05, 0.1) is 18.8 Å². The fourth-order valence-electron chi connectivity index (χ4n) is 2.31. The van der Waals surface area contributed by atoms with E-state index in [0.29, 0.717) is 6.61 Å². The minimum Gasteiger partial charge on any atom is -0.382 e. The molecule has 0 aromatic heterocycles. The van der Waals surface area contributed by atoms with E-state index < -0.39 is 23.2 Å². The molecule has 0 aliphatic carbocycles. The van der Waals surface area contributed by atoms with Crippen LogP contribution in [0.1, 0.15) is 31.9 Å². The van der Waals surface area contributed by atoms with Crippen molar-refractivity contribution in [2.24, 2.45) is 5.41 Å². The fraction of sp³-hybridized carbons (Fsp3) is 0.611. The zero-order chi connectivity index (χ0) is 19.1. The smallest absolute Gasteiger partial charge is 0.382 e. The van der Waals surface area contributed by atoms with E-state index in [2.05, 4.69) is 5.32 Å². The number of carbonyl (C=O) groups is 1. The summed E-state index contributed by atoms with van der Waals surface area (Å²) < 4.78 is 49.5. The lowest BCUT2D eigenvalue weighted by atomic mass is 9.82. The van der Waals surface area contributed by atoms with E-state index in [1.54, 1.807) is 6.07 Å². The van der Waals surface area contributed by atoms with Crippen LogP contribution in [-0.4, -0.2) is 38.9 Å². The second-order valence-electron chi connectivity index (χ2n) is 6.89. The second kappa shape index (κ2) is 9.20. The molecule has 1 unspecified atom stereocenters. The number of ether oxygens (including phenoxy) is 2. The molecule has 0 spiro atoms. The van der Waals surface area contributed by atoms with Crippen LogP contribution in [0.5, 0.6) is 0 Å². The molecule has 0 aliphatic rings. The number of alkyl halides is 3. The largest absolute Gasteiger partial charge is 0.416 e. The molecule has 0 bridgehead atoms. The van der Waals surface area contributed by atoms with Gasteiger partial charge in [-0.25, -0.2) is 0 Å². The molecule has 0 heterocycles. The lowest BCUT2D eigenvalue weighted by Crippen LogP contribution is -2.46. The number of benzene rings is 1. The maximum absolute atomic E-state index is 13.2. The molecular formula is C18H26F3NO3. The number of rotatable bonds is 8. The van der Waals surface area contributed by atoms with E-state index in [1.807, 2.05) is 20.8 Å². The van der Waals surface area contributed by atoms with Crippen LogP contribution in [0.4, 0.5) is 13.2 Å². The average Bonchev–Trinajstić information content (AvgIpc) is 2.49. The average molecular weight is 361 g/mol. The van der Waals surface area contributed by atoms with Crippen LogP contribution in [0.25, 0.3) is 0 Å². The molecular weight excluding hydrogens is 335 g/mol. The first kappa shape index (κ1) is 21.4. The maximum Gasteiger partial charge on any atom is 0.416 e. The van der Waals surface area contributed by atoms with Crippen molar-refractivity contribution < 1.29 is 27.4 Å². The van der Waals surface area contributed by atoms with E-state index >= 15 is 0 Å². The van der Waals surface area contributed by atoms with Crippen molar-refractivity contribution in [3.8, 4) is 0 Å². The Balaban J connectivity index is 2.84. The highest BCUT2D eigenvalue weighted by Gasteiger charge is 2.35. The Morgan fingerprint density at radius 3 is 2.36 bits per heavy atom. The normalized spacial score (nSPS) is 13.6. The zero-order valence-electron chi connectivity index (χ0n) is 15.1. The standard InChI is InChI=1S/C18H26F3NO3/c1-17(2,3)15(22-16(23)12-25-10-9-24-4)11-13-7-5-6-8-14(13)18(19,20)21/h5-8,15H,9-12H2,1-4H3,(H,22,23). The third kappa shape index (κ3) is 7.44. The number of hydrogen-bond donors (Lipinski definition) is 1. The molecule has 7 heteroatoms. The van der Waals surface area contributed by atoms with Gasteiger partial charge in [-0.05, 0) is 23.5 Å². The molecule has 25 heavy (non-hydrogen) atoms. The highest BCUT2D eigenvalue weighted by Crippen LogP contribution is 2.33. The molecule has 0 radical (unpaired) electrons. The van der Waals surface area contributed by atoms with E-state index in [4.69, 9.17) is 9.47 Å². The first-order valence-electron chi connectivity index (χ1n) is 8.07. The lowest BCUT2D eigenvalue weighted by molar-refractivity contribution is -0.138. The molecule has 4 nitrogen and oxygen atoms in total. The summed E-state index contributed by atoms with van der Waals surface area (Å²) >= 11 is 0. The van der Waals surface area contributed by atoms with Crippen molar-refractivity contribution >= 4 is 5.91 Å². The molecule has 1 rings (SSSR count). The van der Waals surface area contributed by atoms with Crippen molar-refractivity contribution in [1.82, 2.24) is 5.32 Å². The van der Waals surface area contributed by atoms with Crippen LogP contribution in [0.2, 0.25) is 0 Å². The molecule has 0 saturated carbocycles. The highest BCUT2D eigenvalue weighted by atomic mass is 19.4. The van der Waals surface area contributed by atoms with Crippen LogP contribution < -0.4 is 5.32 Å². The highest BCUT2D eigenvalue weighted by molar-refractivity contribution is 5.77. The van der Waals surface area contributed by atoms with Gasteiger partial charge >= 0.3 is 6.18 Å². The summed E-state index contributed by atoms with van der Waals surface area (Å²) in [7, 11) is 1.52. The number of hydrogen-bond acceptors (Lipinski definition) is 3. The molecule has 1 N–H and O–H groups in total. The van der Waals surface area contributed by atoms with E-state index in [0.717, 1.165) is 6.07 Å². The molecule has 142 valence electrons. The van der Waals surface area contributed by atoms with E-state index in [-0.39, 0.29) is 31.1 Å². The summed E-state index contributed by atoms with van der Waals surface area (Å²) in [6.45, 7) is 6.12. The van der Waals surface area contributed by atoms with Gasteiger partial charge in [0, 0.05) is 13.2 Å². The summed E-state index contributed by atoms with van der Waals surface area (Å²) in [4.78, 5) is 12.0. The Bertz CT molecular complexity index is 553. The van der Waals surface area contributed by atoms with Gasteiger partial charge in [-0.3, -0.25) is 4.79 Å². The quantitative estimate of drug-likeness (QED) is 0.722. The van der Waals surface area contributed by atoms with Crippen LogP contribution in [-0.2, 0) is 26.9 Å². The summed E-state index contributed by atoms with van der Waals surface area (Å²) in [6.07, 6.45) is -4.34. The third-order valence-electron chi connectivity index (χ3n) is 3.79. The van der Waals surface area contributed by atoms with Gasteiger partial charge in [0.1, 0.15) is 6.61 Å². The Hall–Kier alpha value is -1.60. The van der Waals surface area contributed by atoms with Crippen molar-refractivity contribution in [3.05, 3.63) is 35.4 Å². The van der Waals surface area contributed by atoms with Gasteiger partial charge in [-0.15, -0.1) is 0 Å². The Kier molecular flexibility index (Phi) is 7.89. The van der Waals surface area contributed by atoms with Crippen molar-refractivity contribution in [2.45, 2.75) is 39.4 Å². The van der Waals surface area contributed by atoms with Gasteiger partial charge in [0.15, 0.2) is 0 Å². The maximum atomic E-state index is 13.2. The third-order valence-corrected chi connectivity index (χ3v) is 3.79. The monoisotopic (exact) mass is 361 g/mol. The summed E-state index contributed by atoms with van der Waals surface area (Å²) in [5, 5.41) is 2.79. The van der Waals surface area contributed by atoms with Crippen molar-refractivity contribution in [2.75, 3.05) is 26.9 Å². The van der Waals surface area contributed by atoms with Gasteiger partial charge in [-0.1, -0.05) is 39.0 Å². The molecule has 1 atom stereocenters. The van der Waals surface area contributed by atoms with E-state index in [9.17, 15) is 18.0 Å². The molecule has 0 fully saturated rings. The Morgan fingerprint density at radius 2 is 1.80 bits per heavy atom. The first-order chi connectivity index (χ1) is 11.6. The van der Waals surface area contributed by atoms with E-state index in [1.165, 1.54) is 19.2 Å². The first-order valence-corrected chi connectivity index (χ1v) is 8.07. The number of methoxy groups -OCH3 is 1. The van der Waals surface area contributed by atoms with Gasteiger partial charge in [0.2, 0.25) is 5.91 Å². The Labute approximate surface area is 146 Å². The van der Waals surface area contributed by atoms with Crippen molar-refractivity contribution in [3.63, 3.8) is 0 Å². The molecule has 1 aromatic rings. The van der Waals surface area contributed by atoms with Gasteiger partial charge in [-0.2, -0.15) is 13.2 Å². The van der Waals surface area contributed by atoms with Gasteiger partial charge in [0.25, 0.3) is 0 Å². The minimum atomic E-state index is -4.42. The molecule has 1 aromatic carbocycles. The summed E-state index contributed by atoms with van der Waals surface area (Å²) in [5.74, 6) is -0.361. The van der Waals surface area contributed by atoms with Crippen LogP contribution >= 0.6 is 0 Å². The zero-order valence-corrected chi connectivity index (χ0v) is 15.1. The topological polar surface area (TPSA) is 47.6 Å². The van der Waals surface area contributed by atoms with Crippen LogP contribution in [0.3, 0.4) is 0 Å². The number of carbonyl (C=O) groups excluding carboxylic acids is 1. The molecule has 0 aliphatic heterocycles. The van der Waals surface area contributed by atoms with Crippen LogP contribution in [0.15, 0.2) is 24.3 Å². The fourth-order valence-corrected chi connectivity index (χ4v) is 2.31. The SMILES string of the molecule is COCCOCC(=O)NC(Cc1ccccc1C(F)(F)F)C(C)(C)C. The predicted octanol–water partition coefficient (Wildman–Crippen LogP) is 3.44. The number of halogens is 3. The Morgan fingerprint density at radius 1 is 1.16 bits per heavy atom. The molecule has 1 amide bonds. The second-order valence-corrected chi connectivity index (χ2v) is 6.89. The van der Waals surface area contributed by atoms with Crippen molar-refractivity contribution in [1.29, 1.82) is 0 Å². The minimum absolute atomic E-state index is 0.0863. The summed E-state index contributed by atoms with van der Waals surface area (Å²) in [6, 6.07) is 4.98.